The summed E-state index contributed by atoms with van der Waals surface area (Å²) in [4.78, 5) is 0. The van der Waals surface area contributed by atoms with Crippen LogP contribution in [0.2, 0.25) is 0 Å². The van der Waals surface area contributed by atoms with E-state index in [1.54, 1.807) is 19.2 Å². The molecule has 0 aliphatic carbocycles. The summed E-state index contributed by atoms with van der Waals surface area (Å²) < 4.78 is 27.0. The fourth-order valence-corrected chi connectivity index (χ4v) is 2.29. The molecule has 1 heterocycles. The smallest absolute Gasteiger partial charge is 0.228 e. The molecule has 0 fully saturated rings. The number of hydrogen-bond donors (Lipinski definition) is 1. The Hall–Kier alpha value is -1.46. The highest BCUT2D eigenvalue weighted by molar-refractivity contribution is 7.90. The third kappa shape index (κ3) is 3.29. The summed E-state index contributed by atoms with van der Waals surface area (Å²) in [6.45, 7) is 2.25. The molecule has 0 radical (unpaired) electrons. The Balaban J connectivity index is 2.46. The summed E-state index contributed by atoms with van der Waals surface area (Å²) in [5.41, 5.74) is 0. The van der Waals surface area contributed by atoms with E-state index in [-0.39, 0.29) is 13.0 Å². The number of nitriles is 1. The molecule has 0 aliphatic rings. The van der Waals surface area contributed by atoms with Gasteiger partial charge in [-0.15, -0.1) is 5.10 Å². The van der Waals surface area contributed by atoms with Gasteiger partial charge in [0.25, 0.3) is 0 Å². The molecule has 1 atom stereocenters. The predicted molar refractivity (Wildman–Crippen MR) is 56.6 cm³/mol. The molecule has 0 bridgehead atoms. The largest absolute Gasteiger partial charge is 0.251 e. The zero-order valence-electron chi connectivity index (χ0n) is 8.87. The van der Waals surface area contributed by atoms with E-state index in [0.717, 1.165) is 0 Å². The molecular weight excluding hydrogens is 230 g/mol. The van der Waals surface area contributed by atoms with Gasteiger partial charge in [-0.05, 0) is 6.42 Å². The molecule has 8 heteroatoms. The van der Waals surface area contributed by atoms with Crippen molar-refractivity contribution < 1.29 is 8.42 Å². The van der Waals surface area contributed by atoms with Crippen LogP contribution < -0.4 is 4.72 Å². The first-order valence-corrected chi connectivity index (χ1v) is 6.37. The molecule has 0 aromatic carbocycles. The van der Waals surface area contributed by atoms with Crippen LogP contribution in [0.15, 0.2) is 12.4 Å². The van der Waals surface area contributed by atoms with E-state index in [9.17, 15) is 8.42 Å². The minimum atomic E-state index is -3.55. The molecule has 0 saturated carbocycles. The molecule has 0 amide bonds. The summed E-state index contributed by atoms with van der Waals surface area (Å²) in [7, 11) is -3.55. The fourth-order valence-electron chi connectivity index (χ4n) is 1.14. The molecule has 1 aromatic heterocycles. The Labute approximate surface area is 94.1 Å². The van der Waals surface area contributed by atoms with Gasteiger partial charge >= 0.3 is 0 Å². The monoisotopic (exact) mass is 243 g/mol. The number of hydrogen-bond acceptors (Lipinski definition) is 5. The van der Waals surface area contributed by atoms with Crippen molar-refractivity contribution >= 4 is 10.0 Å². The summed E-state index contributed by atoms with van der Waals surface area (Å²) >= 11 is 0. The second-order valence-electron chi connectivity index (χ2n) is 3.13. The third-order valence-corrected chi connectivity index (χ3v) is 3.80. The number of sulfonamides is 1. The van der Waals surface area contributed by atoms with Gasteiger partial charge in [-0.2, -0.15) is 5.26 Å². The third-order valence-electron chi connectivity index (χ3n) is 2.01. The first-order valence-electron chi connectivity index (χ1n) is 4.82. The minimum Gasteiger partial charge on any atom is -0.251 e. The van der Waals surface area contributed by atoms with Crippen molar-refractivity contribution in [3.8, 4) is 6.07 Å². The van der Waals surface area contributed by atoms with E-state index in [0.29, 0.717) is 6.54 Å². The van der Waals surface area contributed by atoms with E-state index in [1.807, 2.05) is 0 Å². The Morgan fingerprint density at radius 2 is 2.38 bits per heavy atom. The van der Waals surface area contributed by atoms with Crippen molar-refractivity contribution in [2.75, 3.05) is 6.54 Å². The topological polar surface area (TPSA) is 101 Å². The highest BCUT2D eigenvalue weighted by Crippen LogP contribution is 2.01. The molecule has 1 aromatic rings. The maximum atomic E-state index is 11.5. The Morgan fingerprint density at radius 1 is 1.62 bits per heavy atom. The van der Waals surface area contributed by atoms with Gasteiger partial charge in [0.1, 0.15) is 0 Å². The van der Waals surface area contributed by atoms with Crippen LogP contribution in [0.3, 0.4) is 0 Å². The molecule has 0 aliphatic heterocycles. The highest BCUT2D eigenvalue weighted by atomic mass is 32.2. The molecule has 1 N–H and O–H groups in total. The molecule has 16 heavy (non-hydrogen) atoms. The zero-order chi connectivity index (χ0) is 12.0. The average Bonchev–Trinajstić information content (AvgIpc) is 2.71. The molecule has 1 unspecified atom stereocenters. The highest BCUT2D eigenvalue weighted by Gasteiger charge is 2.22. The van der Waals surface area contributed by atoms with Crippen molar-refractivity contribution in [1.29, 1.82) is 5.26 Å². The van der Waals surface area contributed by atoms with Gasteiger partial charge in [0.15, 0.2) is 5.25 Å². The van der Waals surface area contributed by atoms with E-state index in [2.05, 4.69) is 15.0 Å². The Morgan fingerprint density at radius 3 is 2.88 bits per heavy atom. The van der Waals surface area contributed by atoms with Crippen molar-refractivity contribution in [3.63, 3.8) is 0 Å². The van der Waals surface area contributed by atoms with Gasteiger partial charge in [0, 0.05) is 12.7 Å². The van der Waals surface area contributed by atoms with Gasteiger partial charge in [-0.3, -0.25) is 4.68 Å². The van der Waals surface area contributed by atoms with Crippen molar-refractivity contribution in [3.05, 3.63) is 12.4 Å². The van der Waals surface area contributed by atoms with Crippen LogP contribution in [0.4, 0.5) is 0 Å². The average molecular weight is 243 g/mol. The summed E-state index contributed by atoms with van der Waals surface area (Å²) in [6.07, 6.45) is 3.42. The lowest BCUT2D eigenvalue weighted by molar-refractivity contribution is 0.547. The van der Waals surface area contributed by atoms with E-state index < -0.39 is 15.3 Å². The van der Waals surface area contributed by atoms with Crippen molar-refractivity contribution in [1.82, 2.24) is 19.7 Å². The normalized spacial score (nSPS) is 13.2. The number of rotatable bonds is 6. The van der Waals surface area contributed by atoms with Gasteiger partial charge in [-0.1, -0.05) is 12.1 Å². The van der Waals surface area contributed by atoms with Gasteiger partial charge in [-0.25, -0.2) is 13.1 Å². The molecule has 7 nitrogen and oxygen atoms in total. The quantitative estimate of drug-likeness (QED) is 0.725. The van der Waals surface area contributed by atoms with Crippen molar-refractivity contribution in [2.24, 2.45) is 0 Å². The van der Waals surface area contributed by atoms with Crippen LogP contribution in [-0.2, 0) is 16.6 Å². The standard InChI is InChI=1S/C8H13N5O2S/c1-2-8(7-9)16(14,15)11-4-6-13-5-3-10-12-13/h3,5,8,11H,2,4,6H2,1H3. The number of nitrogens with zero attached hydrogens (tertiary/aromatic N) is 4. The van der Waals surface area contributed by atoms with Crippen LogP contribution in [0.25, 0.3) is 0 Å². The molecule has 0 saturated heterocycles. The zero-order valence-corrected chi connectivity index (χ0v) is 9.68. The van der Waals surface area contributed by atoms with Gasteiger partial charge < -0.3 is 0 Å². The summed E-state index contributed by atoms with van der Waals surface area (Å²) in [5, 5.41) is 14.9. The lowest BCUT2D eigenvalue weighted by atomic mass is 10.4. The molecule has 88 valence electrons. The number of nitrogens with one attached hydrogen (secondary N) is 1. The van der Waals surface area contributed by atoms with Gasteiger partial charge in [0.05, 0.1) is 18.8 Å². The maximum absolute atomic E-state index is 11.5. The van der Waals surface area contributed by atoms with E-state index in [1.165, 1.54) is 10.9 Å². The SMILES string of the molecule is CCC(C#N)S(=O)(=O)NCCn1ccnn1. The second kappa shape index (κ2) is 5.58. The lowest BCUT2D eigenvalue weighted by Crippen LogP contribution is -2.35. The Kier molecular flexibility index (Phi) is 4.39. The fraction of sp³-hybridized carbons (Fsp3) is 0.625. The van der Waals surface area contributed by atoms with Crippen molar-refractivity contribution in [2.45, 2.75) is 25.1 Å². The first kappa shape index (κ1) is 12.6. The molecule has 1 rings (SSSR count). The van der Waals surface area contributed by atoms with E-state index in [4.69, 9.17) is 5.26 Å². The van der Waals surface area contributed by atoms with Crippen LogP contribution >= 0.6 is 0 Å². The Bertz CT molecular complexity index is 447. The van der Waals surface area contributed by atoms with Crippen LogP contribution in [0.1, 0.15) is 13.3 Å². The van der Waals surface area contributed by atoms with Crippen LogP contribution in [-0.4, -0.2) is 35.2 Å². The van der Waals surface area contributed by atoms with E-state index >= 15 is 0 Å². The number of aromatic nitrogens is 3. The second-order valence-corrected chi connectivity index (χ2v) is 5.08. The summed E-state index contributed by atoms with van der Waals surface area (Å²) in [5.74, 6) is 0. The van der Waals surface area contributed by atoms with Crippen LogP contribution in [0, 0.1) is 11.3 Å². The van der Waals surface area contributed by atoms with Gasteiger partial charge in [0.2, 0.25) is 10.0 Å². The summed E-state index contributed by atoms with van der Waals surface area (Å²) in [6, 6.07) is 1.75. The minimum absolute atomic E-state index is 0.198. The molecular formula is C8H13N5O2S. The maximum Gasteiger partial charge on any atom is 0.228 e. The predicted octanol–water partition coefficient (Wildman–Crippen LogP) is -0.500. The molecule has 0 spiro atoms. The first-order chi connectivity index (χ1) is 7.60. The van der Waals surface area contributed by atoms with Crippen LogP contribution in [0.5, 0.6) is 0 Å². The lowest BCUT2D eigenvalue weighted by Gasteiger charge is -2.09.